The molecular weight excluding hydrogens is 192 g/mol. The molecule has 0 radical (unpaired) electrons. The lowest BCUT2D eigenvalue weighted by molar-refractivity contribution is 0.100. The number of carbonyl (C=O) groups excluding carboxylic acids is 1. The van der Waals surface area contributed by atoms with E-state index < -0.39 is 5.91 Å². The maximum Gasteiger partial charge on any atom is 0.283 e. The molecule has 13 heavy (non-hydrogen) atoms. The summed E-state index contributed by atoms with van der Waals surface area (Å²) >= 11 is 5.62. The van der Waals surface area contributed by atoms with Gasteiger partial charge >= 0.3 is 0 Å². The van der Waals surface area contributed by atoms with Crippen molar-refractivity contribution in [2.45, 2.75) is 0 Å². The minimum atomic E-state index is -0.599. The van der Waals surface area contributed by atoms with Crippen molar-refractivity contribution in [1.29, 1.82) is 0 Å². The SMILES string of the molecule is NC(N)=NC(=O)c1cccnc1Cl. The van der Waals surface area contributed by atoms with Crippen LogP contribution in [0.25, 0.3) is 0 Å². The van der Waals surface area contributed by atoms with Gasteiger partial charge in [0.25, 0.3) is 5.91 Å². The fourth-order valence-corrected chi connectivity index (χ4v) is 0.923. The Morgan fingerprint density at radius 3 is 2.77 bits per heavy atom. The number of aliphatic imine (C=N–C) groups is 1. The van der Waals surface area contributed by atoms with E-state index in [4.69, 9.17) is 23.1 Å². The highest BCUT2D eigenvalue weighted by atomic mass is 35.5. The van der Waals surface area contributed by atoms with E-state index >= 15 is 0 Å². The normalized spacial score (nSPS) is 9.31. The Labute approximate surface area is 79.4 Å². The van der Waals surface area contributed by atoms with E-state index in [2.05, 4.69) is 9.98 Å². The molecule has 0 saturated carbocycles. The summed E-state index contributed by atoms with van der Waals surface area (Å²) in [4.78, 5) is 18.2. The van der Waals surface area contributed by atoms with Crippen LogP contribution in [0.5, 0.6) is 0 Å². The van der Waals surface area contributed by atoms with Crippen molar-refractivity contribution in [3.8, 4) is 0 Å². The van der Waals surface area contributed by atoms with Gasteiger partial charge in [0.1, 0.15) is 5.15 Å². The number of amides is 1. The minimum Gasteiger partial charge on any atom is -0.370 e. The fraction of sp³-hybridized carbons (Fsp3) is 0. The molecule has 1 aromatic rings. The monoisotopic (exact) mass is 198 g/mol. The van der Waals surface area contributed by atoms with Gasteiger partial charge in [-0.3, -0.25) is 4.79 Å². The van der Waals surface area contributed by atoms with Crippen molar-refractivity contribution in [3.63, 3.8) is 0 Å². The Bertz CT molecular complexity index is 359. The topological polar surface area (TPSA) is 94.4 Å². The Morgan fingerprint density at radius 2 is 2.23 bits per heavy atom. The predicted octanol–water partition coefficient (Wildman–Crippen LogP) is 0.149. The molecule has 0 bridgehead atoms. The fourth-order valence-electron chi connectivity index (χ4n) is 0.723. The van der Waals surface area contributed by atoms with Crippen LogP contribution in [-0.2, 0) is 0 Å². The maximum absolute atomic E-state index is 11.2. The molecule has 5 nitrogen and oxygen atoms in total. The molecule has 0 spiro atoms. The van der Waals surface area contributed by atoms with Crippen LogP contribution in [0.4, 0.5) is 0 Å². The molecule has 1 heterocycles. The van der Waals surface area contributed by atoms with E-state index in [1.165, 1.54) is 12.3 Å². The van der Waals surface area contributed by atoms with Crippen molar-refractivity contribution in [2.24, 2.45) is 16.5 Å². The zero-order chi connectivity index (χ0) is 9.84. The molecule has 1 rings (SSSR count). The number of nitrogens with two attached hydrogens (primary N) is 2. The van der Waals surface area contributed by atoms with E-state index in [0.717, 1.165) is 0 Å². The molecule has 0 atom stereocenters. The van der Waals surface area contributed by atoms with Gasteiger partial charge in [-0.25, -0.2) is 4.98 Å². The van der Waals surface area contributed by atoms with Gasteiger partial charge in [0.05, 0.1) is 5.56 Å². The molecule has 0 fully saturated rings. The smallest absolute Gasteiger partial charge is 0.283 e. The highest BCUT2D eigenvalue weighted by molar-refractivity contribution is 6.32. The second-order valence-corrected chi connectivity index (χ2v) is 2.54. The van der Waals surface area contributed by atoms with Gasteiger partial charge in [-0.15, -0.1) is 0 Å². The summed E-state index contributed by atoms with van der Waals surface area (Å²) in [6.07, 6.45) is 1.47. The molecular formula is C7H7ClN4O. The number of hydrogen-bond donors (Lipinski definition) is 2. The van der Waals surface area contributed by atoms with Crippen LogP contribution in [0.3, 0.4) is 0 Å². The van der Waals surface area contributed by atoms with Gasteiger partial charge in [-0.1, -0.05) is 11.6 Å². The summed E-state index contributed by atoms with van der Waals surface area (Å²) in [5, 5.41) is 0.0810. The highest BCUT2D eigenvalue weighted by Gasteiger charge is 2.08. The van der Waals surface area contributed by atoms with Crippen LogP contribution < -0.4 is 11.5 Å². The first kappa shape index (κ1) is 9.47. The van der Waals surface area contributed by atoms with Crippen molar-refractivity contribution in [2.75, 3.05) is 0 Å². The van der Waals surface area contributed by atoms with Crippen molar-refractivity contribution >= 4 is 23.5 Å². The quantitative estimate of drug-likeness (QED) is 0.382. The van der Waals surface area contributed by atoms with Gasteiger partial charge in [0.15, 0.2) is 5.96 Å². The summed E-state index contributed by atoms with van der Waals surface area (Å²) in [5.41, 5.74) is 10.2. The second-order valence-electron chi connectivity index (χ2n) is 2.18. The van der Waals surface area contributed by atoms with Gasteiger partial charge in [0.2, 0.25) is 0 Å². The molecule has 1 amide bonds. The molecule has 0 aliphatic heterocycles. The van der Waals surface area contributed by atoms with Gasteiger partial charge in [-0.2, -0.15) is 4.99 Å². The van der Waals surface area contributed by atoms with E-state index in [0.29, 0.717) is 0 Å². The lowest BCUT2D eigenvalue weighted by atomic mass is 10.3. The number of pyridine rings is 1. The molecule has 68 valence electrons. The molecule has 0 aromatic carbocycles. The number of carbonyl (C=O) groups is 1. The van der Waals surface area contributed by atoms with Crippen molar-refractivity contribution in [3.05, 3.63) is 29.0 Å². The number of aromatic nitrogens is 1. The van der Waals surface area contributed by atoms with Crippen LogP contribution >= 0.6 is 11.6 Å². The third-order valence-electron chi connectivity index (χ3n) is 1.22. The Balaban J connectivity index is 3.03. The first-order chi connectivity index (χ1) is 6.11. The number of rotatable bonds is 1. The minimum absolute atomic E-state index is 0.0810. The average molecular weight is 199 g/mol. The summed E-state index contributed by atoms with van der Waals surface area (Å²) < 4.78 is 0. The third-order valence-corrected chi connectivity index (χ3v) is 1.52. The first-order valence-corrected chi connectivity index (χ1v) is 3.73. The highest BCUT2D eigenvalue weighted by Crippen LogP contribution is 2.12. The predicted molar refractivity (Wildman–Crippen MR) is 49.4 cm³/mol. The molecule has 0 aliphatic rings. The summed E-state index contributed by atoms with van der Waals surface area (Å²) in [6.45, 7) is 0. The molecule has 0 aliphatic carbocycles. The van der Waals surface area contributed by atoms with Crippen LogP contribution in [0.15, 0.2) is 23.3 Å². The molecule has 6 heteroatoms. The lowest BCUT2D eigenvalue weighted by Crippen LogP contribution is -2.24. The van der Waals surface area contributed by atoms with Crippen molar-refractivity contribution < 1.29 is 4.79 Å². The Kier molecular flexibility index (Phi) is 2.81. The molecule has 1 aromatic heterocycles. The van der Waals surface area contributed by atoms with Gasteiger partial charge in [0, 0.05) is 6.20 Å². The zero-order valence-corrected chi connectivity index (χ0v) is 7.32. The second kappa shape index (κ2) is 3.86. The Morgan fingerprint density at radius 1 is 1.54 bits per heavy atom. The Hall–Kier alpha value is -1.62. The van der Waals surface area contributed by atoms with Gasteiger partial charge < -0.3 is 11.5 Å². The van der Waals surface area contributed by atoms with Crippen LogP contribution in [0.1, 0.15) is 10.4 Å². The van der Waals surface area contributed by atoms with E-state index in [-0.39, 0.29) is 16.7 Å². The van der Waals surface area contributed by atoms with Crippen LogP contribution in [-0.4, -0.2) is 16.9 Å². The van der Waals surface area contributed by atoms with E-state index in [9.17, 15) is 4.79 Å². The largest absolute Gasteiger partial charge is 0.370 e. The standard InChI is InChI=1S/C7H7ClN4O/c8-5-4(2-1-3-11-5)6(13)12-7(9)10/h1-3H,(H4,9,10,12,13). The molecule has 4 N–H and O–H groups in total. The summed E-state index contributed by atoms with van der Waals surface area (Å²) in [6, 6.07) is 3.06. The van der Waals surface area contributed by atoms with Gasteiger partial charge in [-0.05, 0) is 12.1 Å². The third kappa shape index (κ3) is 2.41. The summed E-state index contributed by atoms with van der Waals surface area (Å²) in [5.74, 6) is -0.900. The lowest BCUT2D eigenvalue weighted by Gasteiger charge is -1.96. The first-order valence-electron chi connectivity index (χ1n) is 3.35. The summed E-state index contributed by atoms with van der Waals surface area (Å²) in [7, 11) is 0. The number of nitrogens with zero attached hydrogens (tertiary/aromatic N) is 2. The molecule has 0 saturated heterocycles. The van der Waals surface area contributed by atoms with E-state index in [1.54, 1.807) is 6.07 Å². The van der Waals surface area contributed by atoms with Crippen LogP contribution in [0.2, 0.25) is 5.15 Å². The number of halogens is 1. The molecule has 0 unspecified atom stereocenters. The van der Waals surface area contributed by atoms with E-state index in [1.807, 2.05) is 0 Å². The zero-order valence-electron chi connectivity index (χ0n) is 6.57. The van der Waals surface area contributed by atoms with Crippen molar-refractivity contribution in [1.82, 2.24) is 4.98 Å². The maximum atomic E-state index is 11.2. The van der Waals surface area contributed by atoms with Crippen LogP contribution in [0, 0.1) is 0 Å². The number of guanidine groups is 1. The average Bonchev–Trinajstić information content (AvgIpc) is 2.03. The number of hydrogen-bond acceptors (Lipinski definition) is 2.